The van der Waals surface area contributed by atoms with Crippen LogP contribution in [-0.2, 0) is 11.2 Å². The summed E-state index contributed by atoms with van der Waals surface area (Å²) in [6, 6.07) is 17.3. The van der Waals surface area contributed by atoms with Crippen molar-refractivity contribution in [2.24, 2.45) is 5.92 Å². The number of hydrogen-bond donors (Lipinski definition) is 1. The molecule has 3 aromatic carbocycles. The summed E-state index contributed by atoms with van der Waals surface area (Å²) in [6.07, 6.45) is 5.38. The normalized spacial score (nSPS) is 17.9. The topological polar surface area (TPSA) is 64.0 Å². The van der Waals surface area contributed by atoms with Crippen LogP contribution in [0.2, 0.25) is 15.1 Å². The number of carbonyl (C=O) groups excluding carboxylic acids is 2. The number of hydrogen-bond acceptors (Lipinski definition) is 3. The fourth-order valence-electron chi connectivity index (χ4n) is 4.34. The van der Waals surface area contributed by atoms with E-state index >= 15 is 0 Å². The summed E-state index contributed by atoms with van der Waals surface area (Å²) in [5.41, 5.74) is 3.15. The summed E-state index contributed by atoms with van der Waals surface area (Å²) in [5, 5.41) is 3.95. The van der Waals surface area contributed by atoms with E-state index in [1.807, 2.05) is 35.0 Å². The van der Waals surface area contributed by atoms with E-state index in [2.05, 4.69) is 10.3 Å². The summed E-state index contributed by atoms with van der Waals surface area (Å²) < 4.78 is 0.558. The van der Waals surface area contributed by atoms with Crippen molar-refractivity contribution in [1.29, 1.82) is 0 Å². The van der Waals surface area contributed by atoms with Crippen LogP contribution >= 0.6 is 58.0 Å². The number of anilines is 1. The Kier molecular flexibility index (Phi) is 7.27. The predicted octanol–water partition coefficient (Wildman–Crippen LogP) is 7.78. The average molecular weight is 594 g/mol. The van der Waals surface area contributed by atoms with Crippen LogP contribution in [0.5, 0.6) is 0 Å². The number of nitrogens with one attached hydrogen (secondary N) is 1. The van der Waals surface area contributed by atoms with E-state index < -0.39 is 16.2 Å². The van der Waals surface area contributed by atoms with Gasteiger partial charge in [-0.15, -0.1) is 23.2 Å². The third-order valence-corrected chi connectivity index (χ3v) is 7.92. The number of ketones is 1. The SMILES string of the molecule is O=C(Cc1ccc(-n2ccnc2)cc1)c1cc(NC(=O)C2C(c3cc(Cl)cc(Cl)c3)C2(Cl)Cl)ccc1Cl. The van der Waals surface area contributed by atoms with E-state index in [-0.39, 0.29) is 18.1 Å². The maximum atomic E-state index is 13.1. The second kappa shape index (κ2) is 10.3. The zero-order valence-electron chi connectivity index (χ0n) is 19.0. The molecule has 0 radical (unpaired) electrons. The summed E-state index contributed by atoms with van der Waals surface area (Å²) in [6.45, 7) is 0. The molecule has 1 N–H and O–H groups in total. The van der Waals surface area contributed by atoms with Crippen molar-refractivity contribution in [3.63, 3.8) is 0 Å². The molecule has 1 saturated carbocycles. The van der Waals surface area contributed by atoms with E-state index in [4.69, 9.17) is 58.0 Å². The molecule has 1 aliphatic carbocycles. The molecule has 0 aliphatic heterocycles. The molecule has 1 aromatic heterocycles. The van der Waals surface area contributed by atoms with E-state index in [1.54, 1.807) is 48.9 Å². The molecule has 0 saturated heterocycles. The minimum atomic E-state index is -1.31. The highest BCUT2D eigenvalue weighted by Gasteiger charge is 2.67. The number of amides is 1. The number of Topliss-reactive ketones (excluding diaryl/α,β-unsaturated/α-hetero) is 1. The molecule has 0 bridgehead atoms. The van der Waals surface area contributed by atoms with Crippen molar-refractivity contribution < 1.29 is 9.59 Å². The number of rotatable bonds is 7. The van der Waals surface area contributed by atoms with Gasteiger partial charge in [-0.05, 0) is 59.7 Å². The van der Waals surface area contributed by atoms with Crippen molar-refractivity contribution >= 4 is 75.4 Å². The first-order valence-corrected chi connectivity index (χ1v) is 13.1. The van der Waals surface area contributed by atoms with Gasteiger partial charge in [0.2, 0.25) is 5.91 Å². The van der Waals surface area contributed by atoms with E-state index in [1.165, 1.54) is 0 Å². The quantitative estimate of drug-likeness (QED) is 0.176. The zero-order valence-corrected chi connectivity index (χ0v) is 22.7. The highest BCUT2D eigenvalue weighted by atomic mass is 35.5. The molecule has 1 heterocycles. The highest BCUT2D eigenvalue weighted by Crippen LogP contribution is 2.65. The first-order valence-electron chi connectivity index (χ1n) is 11.2. The lowest BCUT2D eigenvalue weighted by Gasteiger charge is -2.10. The van der Waals surface area contributed by atoms with Crippen molar-refractivity contribution in [2.45, 2.75) is 16.7 Å². The van der Waals surface area contributed by atoms with E-state index in [0.717, 1.165) is 11.3 Å². The smallest absolute Gasteiger partial charge is 0.231 e. The van der Waals surface area contributed by atoms with Crippen LogP contribution in [0.3, 0.4) is 0 Å². The van der Waals surface area contributed by atoms with Gasteiger partial charge in [-0.25, -0.2) is 4.98 Å². The van der Waals surface area contributed by atoms with Crippen LogP contribution in [0.15, 0.2) is 79.4 Å². The summed E-state index contributed by atoms with van der Waals surface area (Å²) in [5.74, 6) is -1.78. The lowest BCUT2D eigenvalue weighted by atomic mass is 10.0. The van der Waals surface area contributed by atoms with E-state index in [0.29, 0.717) is 31.9 Å². The van der Waals surface area contributed by atoms with E-state index in [9.17, 15) is 9.59 Å². The molecular weight excluding hydrogens is 576 g/mol. The van der Waals surface area contributed by atoms with Crippen molar-refractivity contribution in [3.05, 3.63) is 111 Å². The lowest BCUT2D eigenvalue weighted by molar-refractivity contribution is -0.117. The number of halogens is 5. The molecule has 37 heavy (non-hydrogen) atoms. The monoisotopic (exact) mass is 591 g/mol. The van der Waals surface area contributed by atoms with Crippen LogP contribution in [0.1, 0.15) is 27.4 Å². The van der Waals surface area contributed by atoms with Crippen LogP contribution in [0, 0.1) is 5.92 Å². The molecule has 2 unspecified atom stereocenters. The van der Waals surface area contributed by atoms with Crippen LogP contribution in [-0.4, -0.2) is 25.6 Å². The molecule has 1 amide bonds. The third-order valence-electron chi connectivity index (χ3n) is 6.22. The molecule has 10 heteroatoms. The van der Waals surface area contributed by atoms with Gasteiger partial charge in [-0.3, -0.25) is 9.59 Å². The molecule has 1 fully saturated rings. The molecule has 1 aliphatic rings. The molecule has 4 aromatic rings. The largest absolute Gasteiger partial charge is 0.326 e. The van der Waals surface area contributed by atoms with Crippen LogP contribution in [0.4, 0.5) is 5.69 Å². The number of alkyl halides is 2. The number of carbonyl (C=O) groups is 2. The van der Waals surface area contributed by atoms with Gasteiger partial charge in [0.15, 0.2) is 5.78 Å². The standard InChI is InChI=1S/C27H18Cl5N3O2/c28-17-10-16(11-18(29)12-17)24-25(27(24,31)32)26(37)34-19-3-6-22(30)21(13-19)23(36)9-15-1-4-20(5-2-15)35-8-7-33-14-35/h1-8,10-14,24-25H,9H2,(H,34,37). The first-order chi connectivity index (χ1) is 17.6. The number of imidazole rings is 1. The average Bonchev–Trinajstić information content (AvgIpc) is 3.16. The fourth-order valence-corrected chi connectivity index (χ4v) is 5.93. The van der Waals surface area contributed by atoms with Crippen molar-refractivity contribution in [2.75, 3.05) is 5.32 Å². The highest BCUT2D eigenvalue weighted by molar-refractivity contribution is 6.53. The maximum Gasteiger partial charge on any atom is 0.231 e. The Balaban J connectivity index is 1.29. The van der Waals surface area contributed by atoms with Gasteiger partial charge < -0.3 is 9.88 Å². The molecule has 188 valence electrons. The van der Waals surface area contributed by atoms with Gasteiger partial charge >= 0.3 is 0 Å². The van der Waals surface area contributed by atoms with Crippen LogP contribution < -0.4 is 5.32 Å². The number of nitrogens with zero attached hydrogens (tertiary/aromatic N) is 2. The first kappa shape index (κ1) is 26.1. The Morgan fingerprint density at radius 1 is 0.946 bits per heavy atom. The van der Waals surface area contributed by atoms with Gasteiger partial charge in [0.25, 0.3) is 0 Å². The number of benzene rings is 3. The van der Waals surface area contributed by atoms with Gasteiger partial charge in [-0.1, -0.05) is 46.9 Å². The third kappa shape index (κ3) is 5.52. The van der Waals surface area contributed by atoms with Crippen molar-refractivity contribution in [1.82, 2.24) is 9.55 Å². The molecule has 2 atom stereocenters. The lowest BCUT2D eigenvalue weighted by Crippen LogP contribution is -2.17. The van der Waals surface area contributed by atoms with Gasteiger partial charge in [0, 0.05) is 51.7 Å². The Morgan fingerprint density at radius 3 is 2.30 bits per heavy atom. The Bertz CT molecular complexity index is 1470. The maximum absolute atomic E-state index is 13.1. The molecule has 5 rings (SSSR count). The Morgan fingerprint density at radius 2 is 1.65 bits per heavy atom. The van der Waals surface area contributed by atoms with Gasteiger partial charge in [-0.2, -0.15) is 0 Å². The van der Waals surface area contributed by atoms with Crippen molar-refractivity contribution in [3.8, 4) is 5.69 Å². The second-order valence-corrected chi connectivity index (χ2v) is 11.5. The Hall–Kier alpha value is -2.54. The molecule has 5 nitrogen and oxygen atoms in total. The Labute approximate surface area is 238 Å². The minimum Gasteiger partial charge on any atom is -0.326 e. The molecule has 0 spiro atoms. The van der Waals surface area contributed by atoms with Crippen LogP contribution in [0.25, 0.3) is 5.69 Å². The summed E-state index contributed by atoms with van der Waals surface area (Å²) >= 11 is 31.4. The van der Waals surface area contributed by atoms with Gasteiger partial charge in [0.1, 0.15) is 4.33 Å². The molecular formula is C27H18Cl5N3O2. The summed E-state index contributed by atoms with van der Waals surface area (Å²) in [4.78, 5) is 30.2. The fraction of sp³-hybridized carbons (Fsp3) is 0.148. The predicted molar refractivity (Wildman–Crippen MR) is 149 cm³/mol. The number of aromatic nitrogens is 2. The minimum absolute atomic E-state index is 0.147. The second-order valence-electron chi connectivity index (χ2n) is 8.75. The summed E-state index contributed by atoms with van der Waals surface area (Å²) in [7, 11) is 0. The zero-order chi connectivity index (χ0) is 26.3. The van der Waals surface area contributed by atoms with Gasteiger partial charge in [0.05, 0.1) is 17.3 Å².